The van der Waals surface area contributed by atoms with Crippen molar-refractivity contribution in [3.63, 3.8) is 0 Å². The molecule has 0 radical (unpaired) electrons. The van der Waals surface area contributed by atoms with Crippen molar-refractivity contribution in [1.29, 1.82) is 0 Å². The fraction of sp³-hybridized carbons (Fsp3) is 0.100. The van der Waals surface area contributed by atoms with Gasteiger partial charge in [-0.05, 0) is 11.8 Å². The van der Waals surface area contributed by atoms with E-state index in [1.54, 1.807) is 11.6 Å². The van der Waals surface area contributed by atoms with Gasteiger partial charge >= 0.3 is 5.97 Å². The van der Waals surface area contributed by atoms with E-state index in [0.29, 0.717) is 5.16 Å². The maximum atomic E-state index is 11.2. The number of carboxylic acid groups (broad SMARTS) is 1. The Labute approximate surface area is 121 Å². The Kier molecular flexibility index (Phi) is 3.91. The molecule has 2 aromatic rings. The fourth-order valence-electron chi connectivity index (χ4n) is 1.40. The number of carbonyl (C=O) groups is 1. The van der Waals surface area contributed by atoms with Crippen molar-refractivity contribution in [1.82, 2.24) is 14.8 Å². The third kappa shape index (κ3) is 2.73. The predicted octanol–water partition coefficient (Wildman–Crippen LogP) is 2.23. The summed E-state index contributed by atoms with van der Waals surface area (Å²) in [7, 11) is 1.68. The van der Waals surface area contributed by atoms with Gasteiger partial charge in [0.15, 0.2) is 5.16 Å². The molecule has 1 N–H and O–H groups in total. The number of nitro groups is 1. The molecule has 0 atom stereocenters. The summed E-state index contributed by atoms with van der Waals surface area (Å²) in [6.45, 7) is 0. The van der Waals surface area contributed by atoms with E-state index < -0.39 is 10.9 Å². The molecule has 0 unspecified atom stereocenters. The Morgan fingerprint density at radius 3 is 2.75 bits per heavy atom. The van der Waals surface area contributed by atoms with Gasteiger partial charge in [0.1, 0.15) is 6.33 Å². The maximum Gasteiger partial charge on any atom is 0.337 e. The van der Waals surface area contributed by atoms with E-state index in [1.165, 1.54) is 6.33 Å². The van der Waals surface area contributed by atoms with Gasteiger partial charge < -0.3 is 9.67 Å². The number of nitro benzene ring substituents is 1. The lowest BCUT2D eigenvalue weighted by molar-refractivity contribution is -0.384. The van der Waals surface area contributed by atoms with Crippen LogP contribution in [0.5, 0.6) is 0 Å². The molecule has 0 fully saturated rings. The molecule has 1 aromatic heterocycles. The van der Waals surface area contributed by atoms with Crippen molar-refractivity contribution in [2.75, 3.05) is 0 Å². The number of hydrogen-bond acceptors (Lipinski definition) is 6. The molecule has 10 heteroatoms. The Hall–Kier alpha value is -2.13. The fourth-order valence-corrected chi connectivity index (χ4v) is 2.61. The Morgan fingerprint density at radius 1 is 1.55 bits per heavy atom. The number of non-ortho nitro benzene ring substituents is 1. The highest BCUT2D eigenvalue weighted by molar-refractivity contribution is 7.99. The van der Waals surface area contributed by atoms with Crippen molar-refractivity contribution in [3.8, 4) is 0 Å². The lowest BCUT2D eigenvalue weighted by atomic mass is 10.2. The van der Waals surface area contributed by atoms with E-state index in [9.17, 15) is 14.9 Å². The zero-order chi connectivity index (χ0) is 14.9. The molecule has 2 rings (SSSR count). The molecule has 0 spiro atoms. The lowest BCUT2D eigenvalue weighted by Gasteiger charge is -2.07. The van der Waals surface area contributed by atoms with Crippen molar-refractivity contribution in [2.24, 2.45) is 7.05 Å². The molecule has 0 aliphatic heterocycles. The van der Waals surface area contributed by atoms with Gasteiger partial charge in [-0.25, -0.2) is 4.79 Å². The number of hydrogen-bond donors (Lipinski definition) is 1. The first kappa shape index (κ1) is 14.3. The summed E-state index contributed by atoms with van der Waals surface area (Å²) in [6, 6.07) is 2.07. The molecule has 0 saturated carbocycles. The van der Waals surface area contributed by atoms with E-state index >= 15 is 0 Å². The minimum absolute atomic E-state index is 0.0235. The van der Waals surface area contributed by atoms with Crippen LogP contribution >= 0.6 is 23.4 Å². The van der Waals surface area contributed by atoms with Gasteiger partial charge in [-0.2, -0.15) is 0 Å². The molecule has 1 heterocycles. The summed E-state index contributed by atoms with van der Waals surface area (Å²) >= 11 is 6.92. The molecule has 0 bridgehead atoms. The first-order valence-electron chi connectivity index (χ1n) is 5.13. The van der Waals surface area contributed by atoms with Crippen LogP contribution in [0.25, 0.3) is 0 Å². The third-order valence-electron chi connectivity index (χ3n) is 2.33. The summed E-state index contributed by atoms with van der Waals surface area (Å²) in [6.07, 6.45) is 1.45. The molecule has 1 aromatic carbocycles. The average molecular weight is 315 g/mol. The normalized spacial score (nSPS) is 10.5. The molecule has 104 valence electrons. The first-order chi connectivity index (χ1) is 9.40. The molecule has 0 aliphatic carbocycles. The van der Waals surface area contributed by atoms with Crippen LogP contribution in [0.15, 0.2) is 28.5 Å². The highest BCUT2D eigenvalue weighted by Gasteiger charge is 2.22. The minimum atomic E-state index is -1.31. The van der Waals surface area contributed by atoms with Crippen molar-refractivity contribution < 1.29 is 14.8 Å². The van der Waals surface area contributed by atoms with E-state index in [4.69, 9.17) is 16.7 Å². The van der Waals surface area contributed by atoms with E-state index in [-0.39, 0.29) is 21.2 Å². The Balaban J connectivity index is 2.54. The molecule has 0 amide bonds. The second-order valence-electron chi connectivity index (χ2n) is 3.69. The van der Waals surface area contributed by atoms with E-state index in [2.05, 4.69) is 10.2 Å². The molecular formula is C10H7ClN4O4S. The van der Waals surface area contributed by atoms with Crippen molar-refractivity contribution >= 4 is 35.0 Å². The molecular weight excluding hydrogens is 308 g/mol. The monoisotopic (exact) mass is 314 g/mol. The number of rotatable bonds is 4. The molecule has 8 nitrogen and oxygen atoms in total. The number of aromatic nitrogens is 3. The van der Waals surface area contributed by atoms with Gasteiger partial charge in [0.2, 0.25) is 0 Å². The Bertz CT molecular complexity index is 703. The van der Waals surface area contributed by atoms with E-state index in [1.807, 2.05) is 0 Å². The van der Waals surface area contributed by atoms with Crippen LogP contribution in [0.2, 0.25) is 5.02 Å². The van der Waals surface area contributed by atoms with Crippen molar-refractivity contribution in [2.45, 2.75) is 10.1 Å². The summed E-state index contributed by atoms with van der Waals surface area (Å²) in [5.41, 5.74) is -0.632. The van der Waals surface area contributed by atoms with Crippen molar-refractivity contribution in [3.05, 3.63) is 39.2 Å². The second kappa shape index (κ2) is 5.47. The highest BCUT2D eigenvalue weighted by Crippen LogP contribution is 2.37. The van der Waals surface area contributed by atoms with Gasteiger partial charge in [0, 0.05) is 24.1 Å². The molecule has 0 saturated heterocycles. The smallest absolute Gasteiger partial charge is 0.337 e. The second-order valence-corrected chi connectivity index (χ2v) is 5.08. The zero-order valence-corrected chi connectivity index (χ0v) is 11.6. The number of aryl methyl sites for hydroxylation is 1. The first-order valence-corrected chi connectivity index (χ1v) is 6.32. The average Bonchev–Trinajstić information content (AvgIpc) is 2.76. The van der Waals surface area contributed by atoms with E-state index in [0.717, 1.165) is 23.9 Å². The van der Waals surface area contributed by atoms with Gasteiger partial charge in [-0.15, -0.1) is 10.2 Å². The van der Waals surface area contributed by atoms with Crippen LogP contribution in [-0.4, -0.2) is 30.8 Å². The number of carboxylic acids is 1. The topological polar surface area (TPSA) is 111 Å². The number of halogens is 1. The number of aromatic carboxylic acids is 1. The number of benzene rings is 1. The largest absolute Gasteiger partial charge is 0.478 e. The predicted molar refractivity (Wildman–Crippen MR) is 70.2 cm³/mol. The summed E-state index contributed by atoms with van der Waals surface area (Å²) in [5.74, 6) is -1.31. The standard InChI is InChI=1S/C10H7ClN4O4S/c1-14-4-12-13-10(14)20-8-6(9(16)17)2-5(15(18)19)3-7(8)11/h2-4H,1H3,(H,16,17). The summed E-state index contributed by atoms with van der Waals surface area (Å²) in [4.78, 5) is 21.4. The Morgan fingerprint density at radius 2 is 2.25 bits per heavy atom. The van der Waals surface area contributed by atoms with Gasteiger partial charge in [-0.1, -0.05) is 11.6 Å². The third-order valence-corrected chi connectivity index (χ3v) is 3.94. The van der Waals surface area contributed by atoms with Gasteiger partial charge in [0.05, 0.1) is 15.5 Å². The zero-order valence-electron chi connectivity index (χ0n) is 9.98. The van der Waals surface area contributed by atoms with Crippen LogP contribution in [0.1, 0.15) is 10.4 Å². The number of nitrogens with zero attached hydrogens (tertiary/aromatic N) is 4. The maximum absolute atomic E-state index is 11.2. The minimum Gasteiger partial charge on any atom is -0.478 e. The molecule has 0 aliphatic rings. The van der Waals surface area contributed by atoms with Gasteiger partial charge in [0.25, 0.3) is 5.69 Å². The summed E-state index contributed by atoms with van der Waals surface area (Å²) in [5, 5.41) is 27.7. The highest BCUT2D eigenvalue weighted by atomic mass is 35.5. The van der Waals surface area contributed by atoms with Gasteiger partial charge in [-0.3, -0.25) is 10.1 Å². The lowest BCUT2D eigenvalue weighted by Crippen LogP contribution is -2.02. The van der Waals surface area contributed by atoms with Crippen LogP contribution in [-0.2, 0) is 7.05 Å². The van der Waals surface area contributed by atoms with Crippen LogP contribution < -0.4 is 0 Å². The molecule has 20 heavy (non-hydrogen) atoms. The summed E-state index contributed by atoms with van der Waals surface area (Å²) < 4.78 is 1.58. The van der Waals surface area contributed by atoms with Crippen LogP contribution in [0.3, 0.4) is 0 Å². The van der Waals surface area contributed by atoms with Crippen LogP contribution in [0, 0.1) is 10.1 Å². The SMILES string of the molecule is Cn1cnnc1Sc1c(Cl)cc([N+](=O)[O-])cc1C(=O)O. The van der Waals surface area contributed by atoms with Crippen LogP contribution in [0.4, 0.5) is 5.69 Å². The quantitative estimate of drug-likeness (QED) is 0.680.